The summed E-state index contributed by atoms with van der Waals surface area (Å²) in [6, 6.07) is 7.59. The maximum absolute atomic E-state index is 13.0. The SMILES string of the molecule is NC(N)=NCCCC(C=O)NC(=O)CN1CCCCC(NS(=O)(=O)CCc2ccccc2)C1=O. The predicted molar refractivity (Wildman–Crippen MR) is 129 cm³/mol. The number of carbonyl (C=O) groups excluding carboxylic acids is 3. The fourth-order valence-electron chi connectivity index (χ4n) is 3.66. The van der Waals surface area contributed by atoms with Gasteiger partial charge in [-0.25, -0.2) is 13.1 Å². The van der Waals surface area contributed by atoms with Crippen molar-refractivity contribution in [2.24, 2.45) is 16.5 Å². The summed E-state index contributed by atoms with van der Waals surface area (Å²) in [7, 11) is -3.70. The van der Waals surface area contributed by atoms with Crippen LogP contribution in [0.25, 0.3) is 0 Å². The highest BCUT2D eigenvalue weighted by atomic mass is 32.2. The topological polar surface area (TPSA) is 177 Å². The number of hydrogen-bond donors (Lipinski definition) is 4. The van der Waals surface area contributed by atoms with E-state index in [9.17, 15) is 22.8 Å². The van der Waals surface area contributed by atoms with E-state index < -0.39 is 33.9 Å². The first-order valence-corrected chi connectivity index (χ1v) is 13.0. The zero-order chi connectivity index (χ0) is 25.0. The Morgan fingerprint density at radius 3 is 2.65 bits per heavy atom. The molecule has 2 unspecified atom stereocenters. The molecule has 1 saturated heterocycles. The molecule has 0 radical (unpaired) electrons. The van der Waals surface area contributed by atoms with Crippen LogP contribution in [0.1, 0.15) is 37.7 Å². The van der Waals surface area contributed by atoms with Crippen molar-refractivity contribution in [1.82, 2.24) is 14.9 Å². The van der Waals surface area contributed by atoms with Crippen molar-refractivity contribution in [2.45, 2.75) is 50.6 Å². The maximum Gasteiger partial charge on any atom is 0.241 e. The number of aryl methyl sites for hydroxylation is 1. The largest absolute Gasteiger partial charge is 0.370 e. The van der Waals surface area contributed by atoms with Crippen LogP contribution in [0.2, 0.25) is 0 Å². The molecule has 1 aromatic rings. The normalized spacial score (nSPS) is 17.5. The summed E-state index contributed by atoms with van der Waals surface area (Å²) in [5.74, 6) is -1.11. The van der Waals surface area contributed by atoms with Crippen molar-refractivity contribution in [2.75, 3.05) is 25.4 Å². The van der Waals surface area contributed by atoms with Gasteiger partial charge in [0, 0.05) is 13.1 Å². The Kier molecular flexibility index (Phi) is 10.9. The van der Waals surface area contributed by atoms with Gasteiger partial charge in [0.05, 0.1) is 18.3 Å². The Labute approximate surface area is 200 Å². The van der Waals surface area contributed by atoms with Crippen LogP contribution < -0.4 is 21.5 Å². The quantitative estimate of drug-likeness (QED) is 0.121. The monoisotopic (exact) mass is 494 g/mol. The number of likely N-dealkylation sites (tertiary alicyclic amines) is 1. The highest BCUT2D eigenvalue weighted by molar-refractivity contribution is 7.89. The molecule has 1 aliphatic heterocycles. The number of rotatable bonds is 13. The van der Waals surface area contributed by atoms with E-state index in [1.54, 1.807) is 0 Å². The second-order valence-corrected chi connectivity index (χ2v) is 10.1. The summed E-state index contributed by atoms with van der Waals surface area (Å²) in [6.45, 7) is 0.420. The molecular formula is C22H34N6O5S. The Bertz CT molecular complexity index is 950. The molecule has 0 aliphatic carbocycles. The van der Waals surface area contributed by atoms with Gasteiger partial charge in [0.25, 0.3) is 0 Å². The van der Waals surface area contributed by atoms with Crippen molar-refractivity contribution < 1.29 is 22.8 Å². The molecular weight excluding hydrogens is 460 g/mol. The van der Waals surface area contributed by atoms with Gasteiger partial charge in [0.1, 0.15) is 12.3 Å². The smallest absolute Gasteiger partial charge is 0.241 e. The summed E-state index contributed by atoms with van der Waals surface area (Å²) >= 11 is 0. The maximum atomic E-state index is 13.0. The lowest BCUT2D eigenvalue weighted by atomic mass is 10.1. The highest BCUT2D eigenvalue weighted by Crippen LogP contribution is 2.14. The van der Waals surface area contributed by atoms with Crippen LogP contribution in [0.3, 0.4) is 0 Å². The first-order valence-electron chi connectivity index (χ1n) is 11.3. The Hall–Kier alpha value is -2.99. The number of amides is 2. The van der Waals surface area contributed by atoms with E-state index in [0.29, 0.717) is 57.9 Å². The molecule has 34 heavy (non-hydrogen) atoms. The Morgan fingerprint density at radius 2 is 1.97 bits per heavy atom. The number of hydrogen-bond acceptors (Lipinski definition) is 6. The van der Waals surface area contributed by atoms with Crippen molar-refractivity contribution in [3.63, 3.8) is 0 Å². The Balaban J connectivity index is 1.89. The molecule has 1 aromatic carbocycles. The second-order valence-electron chi connectivity index (χ2n) is 8.24. The number of carbonyl (C=O) groups is 3. The number of nitrogens with two attached hydrogens (primary N) is 2. The summed E-state index contributed by atoms with van der Waals surface area (Å²) in [6.07, 6.45) is 3.47. The minimum atomic E-state index is -3.70. The van der Waals surface area contributed by atoms with Crippen LogP contribution >= 0.6 is 0 Å². The zero-order valence-electron chi connectivity index (χ0n) is 19.2. The molecule has 12 heteroatoms. The first kappa shape index (κ1) is 27.3. The van der Waals surface area contributed by atoms with Gasteiger partial charge in [0.2, 0.25) is 21.8 Å². The van der Waals surface area contributed by atoms with E-state index in [2.05, 4.69) is 15.0 Å². The lowest BCUT2D eigenvalue weighted by molar-refractivity contribution is -0.137. The third kappa shape index (κ3) is 9.87. The molecule has 0 aromatic heterocycles. The van der Waals surface area contributed by atoms with Crippen molar-refractivity contribution in [1.29, 1.82) is 0 Å². The summed E-state index contributed by atoms with van der Waals surface area (Å²) in [4.78, 5) is 41.9. The van der Waals surface area contributed by atoms with Gasteiger partial charge in [-0.1, -0.05) is 30.3 Å². The number of nitrogens with one attached hydrogen (secondary N) is 2. The summed E-state index contributed by atoms with van der Waals surface area (Å²) in [5.41, 5.74) is 11.4. The average molecular weight is 495 g/mol. The van der Waals surface area contributed by atoms with Crippen LogP contribution in [0.4, 0.5) is 0 Å². The fourth-order valence-corrected chi connectivity index (χ4v) is 4.94. The molecule has 6 N–H and O–H groups in total. The van der Waals surface area contributed by atoms with E-state index in [4.69, 9.17) is 11.5 Å². The number of sulfonamides is 1. The molecule has 0 bridgehead atoms. The van der Waals surface area contributed by atoms with Crippen molar-refractivity contribution in [3.05, 3.63) is 35.9 Å². The van der Waals surface area contributed by atoms with Crippen molar-refractivity contribution >= 4 is 34.1 Å². The standard InChI is InChI=1S/C22H34N6O5S/c23-22(24)25-12-6-9-18(16-29)26-20(30)15-28-13-5-4-10-19(21(28)31)27-34(32,33)14-11-17-7-2-1-3-8-17/h1-3,7-8,16,18-19,27H,4-6,9-15H2,(H,26,30)(H4,23,24,25). The Morgan fingerprint density at radius 1 is 1.24 bits per heavy atom. The van der Waals surface area contributed by atoms with E-state index in [0.717, 1.165) is 5.56 Å². The third-order valence-electron chi connectivity index (χ3n) is 5.42. The molecule has 2 amide bonds. The van der Waals surface area contributed by atoms with Crippen molar-refractivity contribution in [3.8, 4) is 0 Å². The molecule has 1 heterocycles. The number of guanidine groups is 1. The first-order chi connectivity index (χ1) is 16.2. The summed E-state index contributed by atoms with van der Waals surface area (Å²) < 4.78 is 27.7. The van der Waals surface area contributed by atoms with Gasteiger partial charge in [0.15, 0.2) is 5.96 Å². The van der Waals surface area contributed by atoms with E-state index in [-0.39, 0.29) is 18.3 Å². The number of benzene rings is 1. The molecule has 11 nitrogen and oxygen atoms in total. The predicted octanol–water partition coefficient (Wildman–Crippen LogP) is -0.733. The van der Waals surface area contributed by atoms with Crippen LogP contribution in [-0.2, 0) is 30.8 Å². The number of nitrogens with zero attached hydrogens (tertiary/aromatic N) is 2. The van der Waals surface area contributed by atoms with Crippen LogP contribution in [-0.4, -0.2) is 74.8 Å². The van der Waals surface area contributed by atoms with E-state index in [1.165, 1.54) is 4.90 Å². The fraction of sp³-hybridized carbons (Fsp3) is 0.545. The number of aldehydes is 1. The van der Waals surface area contributed by atoms with Gasteiger partial charge in [-0.2, -0.15) is 0 Å². The number of aliphatic imine (C=N–C) groups is 1. The second kappa shape index (κ2) is 13.7. The van der Waals surface area contributed by atoms with E-state index in [1.807, 2.05) is 30.3 Å². The van der Waals surface area contributed by atoms with Crippen LogP contribution in [0, 0.1) is 0 Å². The molecule has 188 valence electrons. The van der Waals surface area contributed by atoms with E-state index >= 15 is 0 Å². The lowest BCUT2D eigenvalue weighted by Gasteiger charge is -2.25. The minimum Gasteiger partial charge on any atom is -0.370 e. The highest BCUT2D eigenvalue weighted by Gasteiger charge is 2.31. The lowest BCUT2D eigenvalue weighted by Crippen LogP contribution is -2.51. The molecule has 2 atom stereocenters. The van der Waals surface area contributed by atoms with Crippen LogP contribution in [0.5, 0.6) is 0 Å². The van der Waals surface area contributed by atoms with Gasteiger partial charge in [-0.15, -0.1) is 0 Å². The molecule has 2 rings (SSSR count). The molecule has 1 fully saturated rings. The van der Waals surface area contributed by atoms with Crippen LogP contribution in [0.15, 0.2) is 35.3 Å². The molecule has 1 aliphatic rings. The van der Waals surface area contributed by atoms with Gasteiger partial charge in [-0.3, -0.25) is 14.6 Å². The van der Waals surface area contributed by atoms with Gasteiger partial charge < -0.3 is 26.5 Å². The minimum absolute atomic E-state index is 0.0448. The summed E-state index contributed by atoms with van der Waals surface area (Å²) in [5, 5.41) is 2.59. The van der Waals surface area contributed by atoms with Gasteiger partial charge >= 0.3 is 0 Å². The zero-order valence-corrected chi connectivity index (χ0v) is 20.0. The molecule has 0 saturated carbocycles. The van der Waals surface area contributed by atoms with Gasteiger partial charge in [-0.05, 0) is 44.1 Å². The average Bonchev–Trinajstić information content (AvgIpc) is 2.96. The molecule has 0 spiro atoms. The third-order valence-corrected chi connectivity index (χ3v) is 6.80.